The van der Waals surface area contributed by atoms with Crippen LogP contribution in [-0.4, -0.2) is 89.8 Å². The van der Waals surface area contributed by atoms with E-state index >= 15 is 0 Å². The Labute approximate surface area is 245 Å². The van der Waals surface area contributed by atoms with Gasteiger partial charge >= 0.3 is 0 Å². The van der Waals surface area contributed by atoms with Crippen molar-refractivity contribution in [1.29, 1.82) is 5.26 Å². The summed E-state index contributed by atoms with van der Waals surface area (Å²) in [5.41, 5.74) is 3.39. The average Bonchev–Trinajstić information content (AvgIpc) is 3.45. The van der Waals surface area contributed by atoms with Gasteiger partial charge in [-0.15, -0.1) is 0 Å². The number of hydrogen-bond acceptors (Lipinski definition) is 8. The number of carbonyl (C=O) groups is 2. The standard InChI is InChI=1S/C17H17N5O2.C15H17N3/c1-11(24)18-7-8-19-16-14-9-13(10-23)20-17(14)22-15(21-16)12-5-3-2-4-6-12;1-17-9-11-18(12-10-17)8-4-7-14-5-2-3-6-15(14)13-16/h2-6,9-10H,7-8H2,1H3,(H,18,24)(H2,19,20,21,22);2-3,5-6H,8-12H2,1H3. The Morgan fingerprint density at radius 3 is 2.43 bits per heavy atom. The van der Waals surface area contributed by atoms with Crippen LogP contribution in [0.2, 0.25) is 0 Å². The number of benzene rings is 2. The second-order valence-electron chi connectivity index (χ2n) is 9.81. The molecule has 0 radical (unpaired) electrons. The largest absolute Gasteiger partial charge is 0.368 e. The summed E-state index contributed by atoms with van der Waals surface area (Å²) in [6.07, 6.45) is 0.741. The lowest BCUT2D eigenvalue weighted by Gasteiger charge is -2.30. The number of anilines is 1. The highest BCUT2D eigenvalue weighted by atomic mass is 16.1. The van der Waals surface area contributed by atoms with Crippen molar-refractivity contribution in [2.24, 2.45) is 0 Å². The van der Waals surface area contributed by atoms with Gasteiger partial charge in [-0.05, 0) is 25.2 Å². The van der Waals surface area contributed by atoms with Crippen molar-refractivity contribution in [3.05, 3.63) is 77.5 Å². The van der Waals surface area contributed by atoms with E-state index in [2.05, 4.69) is 60.3 Å². The number of H-pyrrole nitrogens is 1. The number of rotatable bonds is 7. The molecule has 4 aromatic rings. The molecule has 10 heteroatoms. The fourth-order valence-corrected chi connectivity index (χ4v) is 4.31. The molecule has 1 aliphatic rings. The number of aromatic amines is 1. The summed E-state index contributed by atoms with van der Waals surface area (Å²) in [5, 5.41) is 15.6. The smallest absolute Gasteiger partial charge is 0.216 e. The molecule has 42 heavy (non-hydrogen) atoms. The van der Waals surface area contributed by atoms with Gasteiger partial charge in [-0.25, -0.2) is 9.97 Å². The van der Waals surface area contributed by atoms with Crippen LogP contribution in [0, 0.1) is 23.2 Å². The van der Waals surface area contributed by atoms with Crippen molar-refractivity contribution in [3.8, 4) is 29.3 Å². The van der Waals surface area contributed by atoms with Gasteiger partial charge in [0.05, 0.1) is 23.2 Å². The average molecular weight is 563 g/mol. The van der Waals surface area contributed by atoms with Crippen molar-refractivity contribution in [1.82, 2.24) is 30.1 Å². The quantitative estimate of drug-likeness (QED) is 0.178. The SMILES string of the molecule is CC(=O)NCCNc1nc(-c2ccccc2)nc2[nH]c(C=O)cc12.CN1CCN(CC#Cc2ccccc2C#N)CC1. The number of aldehydes is 1. The van der Waals surface area contributed by atoms with Gasteiger partial charge < -0.3 is 20.5 Å². The Bertz CT molecular complexity index is 1610. The molecule has 0 spiro atoms. The van der Waals surface area contributed by atoms with Crippen LogP contribution in [0.1, 0.15) is 28.5 Å². The van der Waals surface area contributed by atoms with Crippen molar-refractivity contribution in [3.63, 3.8) is 0 Å². The van der Waals surface area contributed by atoms with Gasteiger partial charge in [-0.2, -0.15) is 5.26 Å². The maximum atomic E-state index is 11.0. The van der Waals surface area contributed by atoms with Crippen LogP contribution in [0.15, 0.2) is 60.7 Å². The first-order valence-electron chi connectivity index (χ1n) is 13.8. The highest BCUT2D eigenvalue weighted by Gasteiger charge is 2.13. The molecule has 0 aliphatic carbocycles. The van der Waals surface area contributed by atoms with E-state index in [1.54, 1.807) is 12.1 Å². The molecular formula is C32H34N8O2. The lowest BCUT2D eigenvalue weighted by atomic mass is 10.1. The van der Waals surface area contributed by atoms with Gasteiger partial charge in [-0.3, -0.25) is 14.5 Å². The summed E-state index contributed by atoms with van der Waals surface area (Å²) >= 11 is 0. The normalized spacial score (nSPS) is 13.2. The summed E-state index contributed by atoms with van der Waals surface area (Å²) in [6.45, 7) is 7.61. The molecule has 3 heterocycles. The van der Waals surface area contributed by atoms with Crippen molar-refractivity contribution in [2.45, 2.75) is 6.92 Å². The van der Waals surface area contributed by atoms with E-state index in [4.69, 9.17) is 5.26 Å². The second kappa shape index (κ2) is 15.1. The number of nitriles is 1. The number of aromatic nitrogens is 3. The Morgan fingerprint density at radius 2 is 1.74 bits per heavy atom. The molecule has 2 aromatic heterocycles. The summed E-state index contributed by atoms with van der Waals surface area (Å²) in [4.78, 5) is 38.7. The lowest BCUT2D eigenvalue weighted by Crippen LogP contribution is -2.44. The maximum absolute atomic E-state index is 11.0. The fourth-order valence-electron chi connectivity index (χ4n) is 4.31. The summed E-state index contributed by atoms with van der Waals surface area (Å²) in [6, 6.07) is 21.0. The van der Waals surface area contributed by atoms with Crippen molar-refractivity contribution >= 4 is 29.0 Å². The van der Waals surface area contributed by atoms with Crippen LogP contribution in [0.25, 0.3) is 22.4 Å². The van der Waals surface area contributed by atoms with Crippen LogP contribution in [0.5, 0.6) is 0 Å². The number of carbonyl (C=O) groups excluding carboxylic acids is 2. The molecule has 5 rings (SSSR count). The Kier molecular flexibility index (Phi) is 10.8. The van der Waals surface area contributed by atoms with Gasteiger partial charge in [-0.1, -0.05) is 54.3 Å². The topological polar surface area (TPSA) is 130 Å². The zero-order chi connectivity index (χ0) is 29.7. The van der Waals surface area contributed by atoms with E-state index in [1.807, 2.05) is 48.5 Å². The van der Waals surface area contributed by atoms with Crippen LogP contribution in [0.3, 0.4) is 0 Å². The van der Waals surface area contributed by atoms with E-state index < -0.39 is 0 Å². The number of nitrogens with zero attached hydrogens (tertiary/aromatic N) is 5. The first-order chi connectivity index (χ1) is 20.5. The van der Waals surface area contributed by atoms with E-state index in [0.717, 1.165) is 55.5 Å². The van der Waals surface area contributed by atoms with Crippen molar-refractivity contribution in [2.75, 3.05) is 58.2 Å². The molecule has 2 aromatic carbocycles. The van der Waals surface area contributed by atoms with Gasteiger partial charge in [0.2, 0.25) is 5.91 Å². The molecule has 1 amide bonds. The number of fused-ring (bicyclic) bond motifs is 1. The summed E-state index contributed by atoms with van der Waals surface area (Å²) in [5.74, 6) is 7.36. The van der Waals surface area contributed by atoms with E-state index in [-0.39, 0.29) is 5.91 Å². The maximum Gasteiger partial charge on any atom is 0.216 e. The molecular weight excluding hydrogens is 528 g/mol. The predicted molar refractivity (Wildman–Crippen MR) is 164 cm³/mol. The molecule has 0 unspecified atom stereocenters. The molecule has 1 fully saturated rings. The third-order valence-corrected chi connectivity index (χ3v) is 6.63. The van der Waals surface area contributed by atoms with E-state index in [0.29, 0.717) is 41.6 Å². The Hall–Kier alpha value is -5.03. The number of likely N-dealkylation sites (N-methyl/N-ethyl adjacent to an activating group) is 1. The molecule has 1 aliphatic heterocycles. The fraction of sp³-hybridized carbons (Fsp3) is 0.281. The van der Waals surface area contributed by atoms with E-state index in [9.17, 15) is 9.59 Å². The molecule has 0 bridgehead atoms. The third-order valence-electron chi connectivity index (χ3n) is 6.63. The third kappa shape index (κ3) is 8.48. The highest BCUT2D eigenvalue weighted by Crippen LogP contribution is 2.25. The Balaban J connectivity index is 0.000000201. The van der Waals surface area contributed by atoms with E-state index in [1.165, 1.54) is 6.92 Å². The molecule has 0 saturated carbocycles. The number of nitrogens with one attached hydrogen (secondary N) is 3. The molecule has 1 saturated heterocycles. The van der Waals surface area contributed by atoms with Gasteiger partial charge in [0.15, 0.2) is 12.1 Å². The minimum Gasteiger partial charge on any atom is -0.368 e. The monoisotopic (exact) mass is 562 g/mol. The van der Waals surface area contributed by atoms with Crippen LogP contribution >= 0.6 is 0 Å². The van der Waals surface area contributed by atoms with Gasteiger partial charge in [0, 0.05) is 57.3 Å². The zero-order valence-electron chi connectivity index (χ0n) is 23.9. The minimum atomic E-state index is -0.0838. The first kappa shape index (κ1) is 29.9. The predicted octanol–water partition coefficient (Wildman–Crippen LogP) is 3.14. The molecule has 10 nitrogen and oxygen atoms in total. The zero-order valence-corrected chi connectivity index (χ0v) is 23.9. The van der Waals surface area contributed by atoms with Crippen LogP contribution < -0.4 is 10.6 Å². The first-order valence-corrected chi connectivity index (χ1v) is 13.8. The lowest BCUT2D eigenvalue weighted by molar-refractivity contribution is -0.118. The Morgan fingerprint density at radius 1 is 1.02 bits per heavy atom. The van der Waals surface area contributed by atoms with Gasteiger partial charge in [0.25, 0.3) is 0 Å². The van der Waals surface area contributed by atoms with Gasteiger partial charge in [0.1, 0.15) is 17.5 Å². The van der Waals surface area contributed by atoms with Crippen LogP contribution in [0.4, 0.5) is 5.82 Å². The van der Waals surface area contributed by atoms with Crippen molar-refractivity contribution < 1.29 is 9.59 Å². The number of piperazine rings is 1. The van der Waals surface area contributed by atoms with Crippen LogP contribution in [-0.2, 0) is 4.79 Å². The molecule has 0 atom stereocenters. The number of amides is 1. The second-order valence-corrected chi connectivity index (χ2v) is 9.81. The molecule has 214 valence electrons. The summed E-state index contributed by atoms with van der Waals surface area (Å²) in [7, 11) is 2.15. The minimum absolute atomic E-state index is 0.0838. The number of hydrogen-bond donors (Lipinski definition) is 3. The highest BCUT2D eigenvalue weighted by molar-refractivity contribution is 5.93. The molecule has 3 N–H and O–H groups in total. The summed E-state index contributed by atoms with van der Waals surface area (Å²) < 4.78 is 0.